The van der Waals surface area contributed by atoms with Gasteiger partial charge in [0, 0.05) is 30.7 Å². The van der Waals surface area contributed by atoms with E-state index in [-0.39, 0.29) is 35.6 Å². The molecular formula is C30H46N8O6. The van der Waals surface area contributed by atoms with Crippen LogP contribution in [0.4, 0.5) is 15.5 Å². The lowest BCUT2D eigenvalue weighted by molar-refractivity contribution is -0.135. The molecule has 0 aromatic carbocycles. The Bertz CT molecular complexity index is 1210. The molecule has 2 aliphatic heterocycles. The highest BCUT2D eigenvalue weighted by Gasteiger charge is 2.39. The van der Waals surface area contributed by atoms with E-state index in [9.17, 15) is 19.2 Å². The molecule has 2 saturated heterocycles. The molecule has 0 bridgehead atoms. The molecule has 2 aliphatic rings. The largest absolute Gasteiger partial charge is 0.453 e. The number of hydrogen-bond donors (Lipinski definition) is 4. The number of aromatic nitrogens is 4. The summed E-state index contributed by atoms with van der Waals surface area (Å²) in [6.07, 6.45) is 6.87. The first-order valence-electron chi connectivity index (χ1n) is 15.4. The van der Waals surface area contributed by atoms with Crippen LogP contribution in [0.1, 0.15) is 76.6 Å². The number of amides is 3. The van der Waals surface area contributed by atoms with Crippen LogP contribution in [0.5, 0.6) is 0 Å². The molecule has 0 saturated carbocycles. The molecule has 2 aromatic heterocycles. The number of carbonyl (C=O) groups is 4. The van der Waals surface area contributed by atoms with Crippen molar-refractivity contribution in [3.63, 3.8) is 0 Å². The number of alkyl carbamates (subject to hydrolysis) is 2. The molecule has 4 rings (SSSR count). The number of carbonyl (C=O) groups excluding carboxylic acids is 4. The van der Waals surface area contributed by atoms with Crippen molar-refractivity contribution in [1.82, 2.24) is 35.5 Å². The van der Waals surface area contributed by atoms with E-state index >= 15 is 0 Å². The Hall–Kier alpha value is -4.10. The number of likely N-dealkylation sites (tertiary alicyclic amines) is 1. The summed E-state index contributed by atoms with van der Waals surface area (Å²) in [4.78, 5) is 70.3. The van der Waals surface area contributed by atoms with Crippen molar-refractivity contribution < 1.29 is 28.7 Å². The molecule has 44 heavy (non-hydrogen) atoms. The van der Waals surface area contributed by atoms with Gasteiger partial charge in [-0.2, -0.15) is 0 Å². The fourth-order valence-electron chi connectivity index (χ4n) is 6.03. The van der Waals surface area contributed by atoms with E-state index in [1.165, 1.54) is 14.2 Å². The summed E-state index contributed by atoms with van der Waals surface area (Å²) in [7, 11) is 2.57. The Balaban J connectivity index is 1.37. The highest BCUT2D eigenvalue weighted by atomic mass is 16.5. The van der Waals surface area contributed by atoms with Crippen molar-refractivity contribution in [2.45, 2.75) is 90.4 Å². The van der Waals surface area contributed by atoms with Crippen LogP contribution in [-0.4, -0.2) is 94.1 Å². The normalized spacial score (nSPS) is 19.7. The number of imidazole rings is 2. The Morgan fingerprint density at radius 2 is 1.45 bits per heavy atom. The van der Waals surface area contributed by atoms with Gasteiger partial charge in [-0.05, 0) is 50.4 Å². The summed E-state index contributed by atoms with van der Waals surface area (Å²) in [6.45, 7) is 8.87. The number of methoxy groups -OCH3 is 2. The van der Waals surface area contributed by atoms with Gasteiger partial charge in [0.2, 0.25) is 11.9 Å². The number of hydrogen-bond acceptors (Lipinski definition) is 9. The third-order valence-electron chi connectivity index (χ3n) is 8.46. The van der Waals surface area contributed by atoms with E-state index in [2.05, 4.69) is 30.6 Å². The number of ether oxygens (including phenoxy) is 2. The summed E-state index contributed by atoms with van der Waals surface area (Å²) < 4.78 is 9.45. The number of nitrogens with zero attached hydrogens (tertiary/aromatic N) is 4. The van der Waals surface area contributed by atoms with E-state index in [4.69, 9.17) is 9.47 Å². The number of rotatable bonds is 12. The van der Waals surface area contributed by atoms with Gasteiger partial charge in [0.25, 0.3) is 0 Å². The van der Waals surface area contributed by atoms with Crippen molar-refractivity contribution in [3.05, 3.63) is 29.6 Å². The fraction of sp³-hybridized carbons (Fsp3) is 0.667. The number of ketones is 1. The lowest BCUT2D eigenvalue weighted by Crippen LogP contribution is -2.52. The maximum absolute atomic E-state index is 13.4. The van der Waals surface area contributed by atoms with E-state index in [0.717, 1.165) is 36.5 Å². The zero-order valence-corrected chi connectivity index (χ0v) is 26.5. The minimum absolute atomic E-state index is 0.0499. The maximum Gasteiger partial charge on any atom is 0.407 e. The summed E-state index contributed by atoms with van der Waals surface area (Å²) in [5, 5.41) is 5.36. The minimum Gasteiger partial charge on any atom is -0.453 e. The quantitative estimate of drug-likeness (QED) is 0.280. The zero-order valence-electron chi connectivity index (χ0n) is 26.5. The number of nitrogens with one attached hydrogen (secondary N) is 4. The molecule has 4 heterocycles. The lowest BCUT2D eigenvalue weighted by Gasteiger charge is -2.30. The van der Waals surface area contributed by atoms with Gasteiger partial charge in [0.1, 0.15) is 11.9 Å². The van der Waals surface area contributed by atoms with Crippen LogP contribution in [0, 0.1) is 11.8 Å². The first-order valence-corrected chi connectivity index (χ1v) is 15.4. The predicted molar refractivity (Wildman–Crippen MR) is 162 cm³/mol. The van der Waals surface area contributed by atoms with Crippen molar-refractivity contribution >= 4 is 29.8 Å². The molecule has 1 unspecified atom stereocenters. The summed E-state index contributed by atoms with van der Waals surface area (Å²) in [6, 6.07) is -1.91. The Morgan fingerprint density at radius 1 is 0.864 bits per heavy atom. The van der Waals surface area contributed by atoms with E-state index in [1.54, 1.807) is 17.3 Å². The van der Waals surface area contributed by atoms with E-state index in [1.807, 2.05) is 32.6 Å². The van der Waals surface area contributed by atoms with Crippen molar-refractivity contribution in [2.24, 2.45) is 11.8 Å². The SMILES string of the molecule is COC(=O)N[C@H](C(=O)C1CCCN1c1ncc(CCc2cnc([C@@H]3CCCN3C(=O)[C@@H](NC(=O)OC)C(C)C)[nH]2)[nH]1)C(C)C. The van der Waals surface area contributed by atoms with Crippen molar-refractivity contribution in [3.8, 4) is 0 Å². The van der Waals surface area contributed by atoms with Crippen LogP contribution in [0.3, 0.4) is 0 Å². The predicted octanol–water partition coefficient (Wildman–Crippen LogP) is 2.88. The average Bonchev–Trinajstić information content (AvgIpc) is 3.82. The van der Waals surface area contributed by atoms with Gasteiger partial charge in [0.15, 0.2) is 5.78 Å². The molecule has 2 fully saturated rings. The highest BCUT2D eigenvalue weighted by molar-refractivity contribution is 5.94. The number of aromatic amines is 2. The number of aryl methyl sites for hydroxylation is 2. The fourth-order valence-corrected chi connectivity index (χ4v) is 6.03. The number of anilines is 1. The van der Waals surface area contributed by atoms with Gasteiger partial charge < -0.3 is 39.9 Å². The van der Waals surface area contributed by atoms with Gasteiger partial charge >= 0.3 is 12.2 Å². The average molecular weight is 615 g/mol. The molecule has 0 spiro atoms. The van der Waals surface area contributed by atoms with Crippen LogP contribution in [0.15, 0.2) is 12.4 Å². The Kier molecular flexibility index (Phi) is 10.9. The molecule has 4 N–H and O–H groups in total. The van der Waals surface area contributed by atoms with Crippen LogP contribution < -0.4 is 15.5 Å². The van der Waals surface area contributed by atoms with Crippen LogP contribution in [0.25, 0.3) is 0 Å². The third-order valence-corrected chi connectivity index (χ3v) is 8.46. The van der Waals surface area contributed by atoms with Gasteiger partial charge in [-0.1, -0.05) is 27.7 Å². The summed E-state index contributed by atoms with van der Waals surface area (Å²) in [5.41, 5.74) is 1.86. The number of H-pyrrole nitrogens is 2. The number of Topliss-reactive ketones (excluding diaryl/α,β-unsaturated/α-hetero) is 1. The van der Waals surface area contributed by atoms with Gasteiger partial charge in [0.05, 0.1) is 38.5 Å². The molecule has 4 atom stereocenters. The second-order valence-electron chi connectivity index (χ2n) is 12.2. The maximum atomic E-state index is 13.4. The smallest absolute Gasteiger partial charge is 0.407 e. The van der Waals surface area contributed by atoms with Gasteiger partial charge in [-0.15, -0.1) is 0 Å². The molecule has 2 aromatic rings. The standard InChI is InChI=1S/C30H46N8O6/c1-17(2)23(35-29(41)43-5)25(39)21-9-7-14-38(21)28-32-16-20(34-28)12-11-19-15-31-26(33-19)22-10-8-13-37(22)27(40)24(18(3)4)36-30(42)44-6/h15-18,21-24H,7-14H2,1-6H3,(H,31,33)(H,32,34)(H,35,41)(H,36,42)/t21?,22-,23-,24-/m0/s1. The Labute approximate surface area is 258 Å². The van der Waals surface area contributed by atoms with Gasteiger partial charge in [-0.3, -0.25) is 9.59 Å². The lowest BCUT2D eigenvalue weighted by atomic mass is 9.94. The molecule has 3 amide bonds. The van der Waals surface area contributed by atoms with Crippen molar-refractivity contribution in [1.29, 1.82) is 0 Å². The molecule has 242 valence electrons. The van der Waals surface area contributed by atoms with E-state index < -0.39 is 24.3 Å². The van der Waals surface area contributed by atoms with Gasteiger partial charge in [-0.25, -0.2) is 19.6 Å². The first-order chi connectivity index (χ1) is 21.0. The second kappa shape index (κ2) is 14.6. The molecule has 0 radical (unpaired) electrons. The third kappa shape index (κ3) is 7.51. The molecule has 14 nitrogen and oxygen atoms in total. The van der Waals surface area contributed by atoms with Crippen LogP contribution >= 0.6 is 0 Å². The topological polar surface area (TPSA) is 175 Å². The Morgan fingerprint density at radius 3 is 2.09 bits per heavy atom. The highest BCUT2D eigenvalue weighted by Crippen LogP contribution is 2.32. The van der Waals surface area contributed by atoms with Crippen molar-refractivity contribution in [2.75, 3.05) is 32.2 Å². The van der Waals surface area contributed by atoms with Crippen LogP contribution in [0.2, 0.25) is 0 Å². The molecular weight excluding hydrogens is 568 g/mol. The molecule has 0 aliphatic carbocycles. The summed E-state index contributed by atoms with van der Waals surface area (Å²) in [5.74, 6) is 0.994. The van der Waals surface area contributed by atoms with E-state index in [0.29, 0.717) is 38.3 Å². The zero-order chi connectivity index (χ0) is 32.0. The monoisotopic (exact) mass is 614 g/mol. The minimum atomic E-state index is -0.682. The molecule has 14 heteroatoms. The summed E-state index contributed by atoms with van der Waals surface area (Å²) >= 11 is 0. The first kappa shape index (κ1) is 32.8. The second-order valence-corrected chi connectivity index (χ2v) is 12.2. The van der Waals surface area contributed by atoms with Crippen LogP contribution in [-0.2, 0) is 31.9 Å².